The summed E-state index contributed by atoms with van der Waals surface area (Å²) in [4.78, 5) is 0. The Morgan fingerprint density at radius 2 is 2.12 bits per heavy atom. The summed E-state index contributed by atoms with van der Waals surface area (Å²) in [5.74, 6) is 0. The molecule has 3 heteroatoms. The van der Waals surface area contributed by atoms with Gasteiger partial charge in [0.1, 0.15) is 4.49 Å². The quantitative estimate of drug-likeness (QED) is 0.527. The highest BCUT2D eigenvalue weighted by molar-refractivity contribution is 14.1. The third-order valence-electron chi connectivity index (χ3n) is 0.529. The molecule has 0 aliphatic rings. The van der Waals surface area contributed by atoms with E-state index in [4.69, 9.17) is 23.2 Å². The van der Waals surface area contributed by atoms with Crippen LogP contribution < -0.4 is 0 Å². The van der Waals surface area contributed by atoms with Crippen LogP contribution in [0.1, 0.15) is 6.42 Å². The molecule has 0 amide bonds. The molecule has 0 saturated carbocycles. The van der Waals surface area contributed by atoms with Crippen molar-refractivity contribution in [1.82, 2.24) is 0 Å². The summed E-state index contributed by atoms with van der Waals surface area (Å²) in [6.45, 7) is 3.53. The van der Waals surface area contributed by atoms with Gasteiger partial charge in [-0.05, 0) is 29.0 Å². The molecule has 0 spiro atoms. The third kappa shape index (κ3) is 3.75. The molecule has 0 bridgehead atoms. The summed E-state index contributed by atoms with van der Waals surface area (Å²) >= 11 is 12.9. The van der Waals surface area contributed by atoms with E-state index in [2.05, 4.69) is 29.2 Å². The Morgan fingerprint density at radius 1 is 1.62 bits per heavy atom. The molecule has 0 radical (unpaired) electrons. The Kier molecular flexibility index (Phi) is 5.11. The lowest BCUT2D eigenvalue weighted by Crippen LogP contribution is -1.65. The lowest BCUT2D eigenvalue weighted by atomic mass is 10.4. The summed E-state index contributed by atoms with van der Waals surface area (Å²) in [7, 11) is 0. The summed E-state index contributed by atoms with van der Waals surface area (Å²) in [5, 5.41) is 0. The van der Waals surface area contributed by atoms with Crippen molar-refractivity contribution in [1.29, 1.82) is 0 Å². The Labute approximate surface area is 72.7 Å². The minimum absolute atomic E-state index is 0.338. The fourth-order valence-corrected chi connectivity index (χ4v) is 0.670. The van der Waals surface area contributed by atoms with Gasteiger partial charge < -0.3 is 0 Å². The highest BCUT2D eigenvalue weighted by Crippen LogP contribution is 2.22. The van der Waals surface area contributed by atoms with E-state index in [0.717, 1.165) is 10.0 Å². The third-order valence-corrected chi connectivity index (χ3v) is 2.60. The molecule has 0 unspecified atom stereocenters. The molecule has 8 heavy (non-hydrogen) atoms. The molecule has 0 aliphatic heterocycles. The van der Waals surface area contributed by atoms with Crippen LogP contribution >= 0.6 is 45.8 Å². The maximum atomic E-state index is 5.40. The zero-order valence-electron chi connectivity index (χ0n) is 4.13. The summed E-state index contributed by atoms with van der Waals surface area (Å²) < 4.78 is 1.27. The average molecular weight is 263 g/mol. The number of hydrogen-bond donors (Lipinski definition) is 0. The molecule has 0 atom stereocenters. The molecule has 0 nitrogen and oxygen atoms in total. The van der Waals surface area contributed by atoms with Crippen LogP contribution in [0.3, 0.4) is 0 Å². The Hall–Kier alpha value is 0.790. The minimum atomic E-state index is 0.338. The first-order chi connectivity index (χ1) is 3.68. The van der Waals surface area contributed by atoms with Crippen molar-refractivity contribution >= 4 is 45.8 Å². The summed E-state index contributed by atoms with van der Waals surface area (Å²) in [6, 6.07) is 0. The minimum Gasteiger partial charge on any atom is -0.103 e. The second-order valence-corrected chi connectivity index (χ2v) is 3.41. The van der Waals surface area contributed by atoms with Gasteiger partial charge in [0.05, 0.1) is 0 Å². The van der Waals surface area contributed by atoms with Gasteiger partial charge in [-0.1, -0.05) is 29.3 Å². The van der Waals surface area contributed by atoms with E-state index in [1.54, 1.807) is 6.08 Å². The maximum Gasteiger partial charge on any atom is 0.116 e. The van der Waals surface area contributed by atoms with E-state index in [9.17, 15) is 0 Å². The average Bonchev–Trinajstić information content (AvgIpc) is 1.67. The van der Waals surface area contributed by atoms with E-state index >= 15 is 0 Å². The van der Waals surface area contributed by atoms with Crippen molar-refractivity contribution in [3.8, 4) is 0 Å². The maximum absolute atomic E-state index is 5.40. The zero-order valence-corrected chi connectivity index (χ0v) is 7.79. The highest BCUT2D eigenvalue weighted by Gasteiger charge is 1.92. The summed E-state index contributed by atoms with van der Waals surface area (Å²) in [5.41, 5.74) is 0. The fourth-order valence-electron chi connectivity index (χ4n) is 0.204. The van der Waals surface area contributed by atoms with Crippen molar-refractivity contribution < 1.29 is 0 Å². The standard InChI is InChI=1S/C5H5Cl2I/c1-2-3-4(8)5(6)7/h2H,1,3H2. The fraction of sp³-hybridized carbons (Fsp3) is 0.200. The monoisotopic (exact) mass is 262 g/mol. The lowest BCUT2D eigenvalue weighted by molar-refractivity contribution is 1.40. The van der Waals surface area contributed by atoms with Crippen molar-refractivity contribution in [2.75, 3.05) is 0 Å². The van der Waals surface area contributed by atoms with Crippen molar-refractivity contribution in [2.45, 2.75) is 6.42 Å². The van der Waals surface area contributed by atoms with Crippen LogP contribution in [0.5, 0.6) is 0 Å². The largest absolute Gasteiger partial charge is 0.116 e. The van der Waals surface area contributed by atoms with Gasteiger partial charge in [-0.25, -0.2) is 0 Å². The molecular formula is C5H5Cl2I. The van der Waals surface area contributed by atoms with Crippen molar-refractivity contribution in [3.05, 3.63) is 20.7 Å². The van der Waals surface area contributed by atoms with Crippen LogP contribution in [0.2, 0.25) is 0 Å². The first kappa shape index (κ1) is 8.79. The van der Waals surface area contributed by atoms with Crippen LogP contribution in [0, 0.1) is 0 Å². The second-order valence-electron chi connectivity index (χ2n) is 1.16. The van der Waals surface area contributed by atoms with Gasteiger partial charge in [-0.15, -0.1) is 6.58 Å². The molecule has 0 aromatic rings. The van der Waals surface area contributed by atoms with Gasteiger partial charge in [0, 0.05) is 3.58 Å². The first-order valence-electron chi connectivity index (χ1n) is 1.99. The lowest BCUT2D eigenvalue weighted by Gasteiger charge is -1.89. The Balaban J connectivity index is 3.79. The predicted octanol–water partition coefficient (Wildman–Crippen LogP) is 3.64. The van der Waals surface area contributed by atoms with Crippen LogP contribution in [0.4, 0.5) is 0 Å². The van der Waals surface area contributed by atoms with Gasteiger partial charge in [0.15, 0.2) is 0 Å². The molecule has 0 saturated heterocycles. The van der Waals surface area contributed by atoms with Crippen LogP contribution in [0.15, 0.2) is 20.7 Å². The first-order valence-corrected chi connectivity index (χ1v) is 3.82. The van der Waals surface area contributed by atoms with E-state index in [0.29, 0.717) is 4.49 Å². The van der Waals surface area contributed by atoms with Crippen LogP contribution in [0.25, 0.3) is 0 Å². The van der Waals surface area contributed by atoms with E-state index < -0.39 is 0 Å². The van der Waals surface area contributed by atoms with Gasteiger partial charge in [0.25, 0.3) is 0 Å². The number of rotatable bonds is 2. The molecule has 0 aromatic heterocycles. The van der Waals surface area contributed by atoms with Gasteiger partial charge in [-0.3, -0.25) is 0 Å². The Bertz CT molecular complexity index is 114. The van der Waals surface area contributed by atoms with Crippen LogP contribution in [-0.2, 0) is 0 Å². The zero-order chi connectivity index (χ0) is 6.57. The number of halogens is 3. The molecule has 0 rings (SSSR count). The van der Waals surface area contributed by atoms with E-state index in [1.807, 2.05) is 0 Å². The smallest absolute Gasteiger partial charge is 0.103 e. The van der Waals surface area contributed by atoms with Gasteiger partial charge in [-0.2, -0.15) is 0 Å². The van der Waals surface area contributed by atoms with Crippen LogP contribution in [-0.4, -0.2) is 0 Å². The predicted molar refractivity (Wildman–Crippen MR) is 47.6 cm³/mol. The summed E-state index contributed by atoms with van der Waals surface area (Å²) in [6.07, 6.45) is 2.51. The molecule has 0 fully saturated rings. The van der Waals surface area contributed by atoms with E-state index in [-0.39, 0.29) is 0 Å². The SMILES string of the molecule is C=CCC(I)=C(Cl)Cl. The van der Waals surface area contributed by atoms with Gasteiger partial charge >= 0.3 is 0 Å². The molecule has 46 valence electrons. The number of hydrogen-bond acceptors (Lipinski definition) is 0. The second kappa shape index (κ2) is 4.65. The van der Waals surface area contributed by atoms with Crippen molar-refractivity contribution in [3.63, 3.8) is 0 Å². The molecule has 0 N–H and O–H groups in total. The molecule has 0 aromatic carbocycles. The van der Waals surface area contributed by atoms with Gasteiger partial charge in [0.2, 0.25) is 0 Å². The van der Waals surface area contributed by atoms with E-state index in [1.165, 1.54) is 0 Å². The number of allylic oxidation sites excluding steroid dienone is 2. The Morgan fingerprint density at radius 3 is 2.25 bits per heavy atom. The molecule has 0 aliphatic carbocycles. The topological polar surface area (TPSA) is 0 Å². The normalized spacial score (nSPS) is 8.38. The highest BCUT2D eigenvalue weighted by atomic mass is 127. The molecular weight excluding hydrogens is 258 g/mol. The van der Waals surface area contributed by atoms with Crippen molar-refractivity contribution in [2.24, 2.45) is 0 Å². The molecule has 0 heterocycles.